The SMILES string of the molecule is Cc1cc(OCC2(CO)CC2)nc(-c2noc3c2CCC[C@@]32CCCc3sc(N=CN(C)C)c(C#N)c32)n1. The Morgan fingerprint density at radius 2 is 2.03 bits per heavy atom. The molecule has 9 nitrogen and oxygen atoms in total. The first-order valence-electron chi connectivity index (χ1n) is 13.2. The molecule has 0 bridgehead atoms. The minimum absolute atomic E-state index is 0.125. The molecule has 0 amide bonds. The predicted octanol–water partition coefficient (Wildman–Crippen LogP) is 4.70. The second kappa shape index (κ2) is 9.47. The third-order valence-electron chi connectivity index (χ3n) is 8.08. The number of fused-ring (bicyclic) bond motifs is 4. The van der Waals surface area contributed by atoms with Gasteiger partial charge in [-0.3, -0.25) is 0 Å². The summed E-state index contributed by atoms with van der Waals surface area (Å²) in [5.74, 6) is 1.83. The van der Waals surface area contributed by atoms with Crippen molar-refractivity contribution in [3.63, 3.8) is 0 Å². The maximum absolute atomic E-state index is 10.2. The van der Waals surface area contributed by atoms with E-state index in [0.717, 1.165) is 78.9 Å². The minimum Gasteiger partial charge on any atom is -0.477 e. The van der Waals surface area contributed by atoms with Crippen molar-refractivity contribution < 1.29 is 14.4 Å². The van der Waals surface area contributed by atoms with Crippen molar-refractivity contribution in [3.8, 4) is 23.5 Å². The van der Waals surface area contributed by atoms with E-state index in [1.165, 1.54) is 4.88 Å². The van der Waals surface area contributed by atoms with Crippen molar-refractivity contribution in [1.29, 1.82) is 5.26 Å². The molecule has 3 aliphatic carbocycles. The van der Waals surface area contributed by atoms with Gasteiger partial charge in [-0.2, -0.15) is 10.2 Å². The average molecular weight is 533 g/mol. The highest BCUT2D eigenvalue weighted by atomic mass is 32.1. The molecule has 1 fully saturated rings. The van der Waals surface area contributed by atoms with Gasteiger partial charge >= 0.3 is 0 Å². The van der Waals surface area contributed by atoms with Gasteiger partial charge < -0.3 is 19.3 Å². The van der Waals surface area contributed by atoms with E-state index in [2.05, 4.69) is 21.2 Å². The summed E-state index contributed by atoms with van der Waals surface area (Å²) in [6.07, 6.45) is 9.27. The summed E-state index contributed by atoms with van der Waals surface area (Å²) >= 11 is 1.62. The second-order valence-electron chi connectivity index (χ2n) is 11.1. The van der Waals surface area contributed by atoms with Gasteiger partial charge in [0.05, 0.1) is 30.5 Å². The van der Waals surface area contributed by atoms with Crippen molar-refractivity contribution in [3.05, 3.63) is 39.1 Å². The zero-order valence-corrected chi connectivity index (χ0v) is 22.9. The van der Waals surface area contributed by atoms with Gasteiger partial charge in [0.15, 0.2) is 17.3 Å². The fourth-order valence-corrected chi connectivity index (χ4v) is 7.14. The van der Waals surface area contributed by atoms with Crippen LogP contribution in [0.2, 0.25) is 0 Å². The van der Waals surface area contributed by atoms with Crippen molar-refractivity contribution in [2.75, 3.05) is 27.3 Å². The van der Waals surface area contributed by atoms with Crippen LogP contribution >= 0.6 is 11.3 Å². The number of hydrogen-bond acceptors (Lipinski definition) is 9. The highest BCUT2D eigenvalue weighted by molar-refractivity contribution is 7.16. The molecule has 3 aromatic rings. The zero-order valence-electron chi connectivity index (χ0n) is 22.1. The summed E-state index contributed by atoms with van der Waals surface area (Å²) in [6.45, 7) is 2.48. The second-order valence-corrected chi connectivity index (χ2v) is 12.2. The predicted molar refractivity (Wildman–Crippen MR) is 144 cm³/mol. The Labute approximate surface area is 226 Å². The van der Waals surface area contributed by atoms with Crippen LogP contribution in [-0.2, 0) is 18.3 Å². The summed E-state index contributed by atoms with van der Waals surface area (Å²) in [5, 5.41) is 25.2. The van der Waals surface area contributed by atoms with Crippen LogP contribution < -0.4 is 4.74 Å². The number of nitriles is 1. The number of ether oxygens (including phenoxy) is 1. The molecule has 198 valence electrons. The quantitative estimate of drug-likeness (QED) is 0.343. The molecule has 1 saturated carbocycles. The molecule has 6 rings (SSSR count). The molecule has 3 aliphatic rings. The lowest BCUT2D eigenvalue weighted by atomic mass is 9.63. The lowest BCUT2D eigenvalue weighted by molar-refractivity contribution is 0.143. The van der Waals surface area contributed by atoms with Gasteiger partial charge in [0, 0.05) is 41.7 Å². The van der Waals surface area contributed by atoms with E-state index >= 15 is 0 Å². The molecular weight excluding hydrogens is 500 g/mol. The van der Waals surface area contributed by atoms with E-state index in [4.69, 9.17) is 14.2 Å². The number of hydrogen-bond donors (Lipinski definition) is 1. The normalized spacial score (nSPS) is 21.2. The number of aliphatic imine (C=N–C) groups is 1. The van der Waals surface area contributed by atoms with Gasteiger partial charge in [-0.1, -0.05) is 5.16 Å². The molecule has 38 heavy (non-hydrogen) atoms. The van der Waals surface area contributed by atoms with Crippen LogP contribution in [0.25, 0.3) is 11.5 Å². The van der Waals surface area contributed by atoms with Crippen LogP contribution in [-0.4, -0.2) is 58.8 Å². The van der Waals surface area contributed by atoms with Crippen LogP contribution in [0.4, 0.5) is 5.00 Å². The van der Waals surface area contributed by atoms with Crippen LogP contribution in [0.1, 0.15) is 71.5 Å². The van der Waals surface area contributed by atoms with E-state index in [0.29, 0.717) is 29.6 Å². The standard InChI is InChI=1S/C28H32N6O3S/c1-17-12-21(36-15-27(14-35)10-11-27)32-25(31-17)23-18-6-4-8-28(24(18)37-33-23)9-5-7-20-22(28)19(13-29)26(38-20)30-16-34(2)3/h12,16,35H,4-11,14-15H2,1-3H3/t28-/m0/s1. The van der Waals surface area contributed by atoms with E-state index < -0.39 is 0 Å². The first-order valence-corrected chi connectivity index (χ1v) is 14.1. The highest BCUT2D eigenvalue weighted by Crippen LogP contribution is 2.56. The third-order valence-corrected chi connectivity index (χ3v) is 9.24. The van der Waals surface area contributed by atoms with E-state index in [-0.39, 0.29) is 17.4 Å². The number of nitrogens with zero attached hydrogens (tertiary/aromatic N) is 6. The van der Waals surface area contributed by atoms with Crippen molar-refractivity contribution >= 4 is 22.7 Å². The number of aliphatic hydroxyl groups excluding tert-OH is 1. The molecule has 10 heteroatoms. The number of thiophene rings is 1. The lowest BCUT2D eigenvalue weighted by Crippen LogP contribution is -2.35. The Balaban J connectivity index is 1.40. The zero-order chi connectivity index (χ0) is 26.5. The smallest absolute Gasteiger partial charge is 0.217 e. The first-order chi connectivity index (χ1) is 18.4. The van der Waals surface area contributed by atoms with E-state index in [1.54, 1.807) is 17.7 Å². The third kappa shape index (κ3) is 4.18. The molecular formula is C28H32N6O3S. The van der Waals surface area contributed by atoms with Gasteiger partial charge in [-0.15, -0.1) is 11.3 Å². The number of aromatic nitrogens is 3. The van der Waals surface area contributed by atoms with Gasteiger partial charge in [0.1, 0.15) is 11.1 Å². The van der Waals surface area contributed by atoms with Gasteiger partial charge in [-0.25, -0.2) is 9.98 Å². The molecule has 0 aliphatic heterocycles. The average Bonchev–Trinajstić information content (AvgIpc) is 3.39. The lowest BCUT2D eigenvalue weighted by Gasteiger charge is -2.39. The van der Waals surface area contributed by atoms with Crippen LogP contribution in [0.15, 0.2) is 15.6 Å². The molecule has 1 N–H and O–H groups in total. The van der Waals surface area contributed by atoms with Crippen LogP contribution in [0, 0.1) is 23.7 Å². The molecule has 0 saturated heterocycles. The Morgan fingerprint density at radius 3 is 2.74 bits per heavy atom. The fraction of sp³-hybridized carbons (Fsp3) is 0.536. The van der Waals surface area contributed by atoms with Gasteiger partial charge in [-0.05, 0) is 63.9 Å². The fourth-order valence-electron chi connectivity index (χ4n) is 5.91. The number of aliphatic hydroxyl groups is 1. The summed E-state index contributed by atoms with van der Waals surface area (Å²) in [7, 11) is 3.85. The van der Waals surface area contributed by atoms with Gasteiger partial charge in [0.25, 0.3) is 0 Å². The number of rotatable bonds is 7. The summed E-state index contributed by atoms with van der Waals surface area (Å²) in [6, 6.07) is 4.29. The summed E-state index contributed by atoms with van der Waals surface area (Å²) < 4.78 is 12.2. The topological polar surface area (TPSA) is 121 Å². The van der Waals surface area contributed by atoms with Crippen LogP contribution in [0.5, 0.6) is 5.88 Å². The molecule has 0 aromatic carbocycles. The summed E-state index contributed by atoms with van der Waals surface area (Å²) in [5.41, 5.74) is 3.70. The Kier molecular flexibility index (Phi) is 6.23. The van der Waals surface area contributed by atoms with Crippen molar-refractivity contribution in [2.24, 2.45) is 10.4 Å². The maximum Gasteiger partial charge on any atom is 0.217 e. The first kappa shape index (κ1) is 25.0. The van der Waals surface area contributed by atoms with Crippen LogP contribution in [0.3, 0.4) is 0 Å². The summed E-state index contributed by atoms with van der Waals surface area (Å²) in [4.78, 5) is 17.1. The van der Waals surface area contributed by atoms with Gasteiger partial charge in [0.2, 0.25) is 5.88 Å². The molecule has 1 spiro atoms. The molecule has 3 aromatic heterocycles. The Morgan fingerprint density at radius 1 is 1.24 bits per heavy atom. The monoisotopic (exact) mass is 532 g/mol. The molecule has 1 atom stereocenters. The number of aryl methyl sites for hydroxylation is 2. The Hall–Kier alpha value is -3.29. The molecule has 0 radical (unpaired) electrons. The van der Waals surface area contributed by atoms with E-state index in [9.17, 15) is 10.4 Å². The van der Waals surface area contributed by atoms with Crippen molar-refractivity contribution in [1.82, 2.24) is 20.0 Å². The maximum atomic E-state index is 10.2. The van der Waals surface area contributed by atoms with E-state index in [1.807, 2.05) is 32.0 Å². The molecule has 0 unspecified atom stereocenters. The highest BCUT2D eigenvalue weighted by Gasteiger charge is 2.49. The minimum atomic E-state index is -0.386. The van der Waals surface area contributed by atoms with Crippen molar-refractivity contribution in [2.45, 2.75) is 63.7 Å². The largest absolute Gasteiger partial charge is 0.477 e. The molecule has 3 heterocycles. The Bertz CT molecular complexity index is 1440.